The fourth-order valence-corrected chi connectivity index (χ4v) is 2.80. The molecule has 35 heavy (non-hydrogen) atoms. The van der Waals surface area contributed by atoms with Gasteiger partial charge in [-0.05, 0) is 60.3 Å². The molecule has 0 heterocycles. The van der Waals surface area contributed by atoms with Gasteiger partial charge in [0.15, 0.2) is 0 Å². The van der Waals surface area contributed by atoms with E-state index in [-0.39, 0.29) is 18.4 Å². The van der Waals surface area contributed by atoms with Crippen molar-refractivity contribution in [2.45, 2.75) is 118 Å². The molecule has 0 fully saturated rings. The number of nitrogens with one attached hydrogen (secondary N) is 2. The van der Waals surface area contributed by atoms with E-state index in [9.17, 15) is 19.2 Å². The summed E-state index contributed by atoms with van der Waals surface area (Å²) in [5.41, 5.74) is -1.43. The Morgan fingerprint density at radius 3 is 1.40 bits per heavy atom. The van der Waals surface area contributed by atoms with Crippen LogP contribution in [0.3, 0.4) is 0 Å². The quantitative estimate of drug-likeness (QED) is 0.315. The van der Waals surface area contributed by atoms with Gasteiger partial charge in [0.2, 0.25) is 0 Å². The van der Waals surface area contributed by atoms with Crippen LogP contribution in [0.2, 0.25) is 0 Å². The van der Waals surface area contributed by atoms with Gasteiger partial charge in [-0.25, -0.2) is 19.2 Å². The molecule has 0 aliphatic rings. The minimum absolute atomic E-state index is 0.208. The summed E-state index contributed by atoms with van der Waals surface area (Å²) in [5, 5.41) is 5.13. The largest absolute Gasteiger partial charge is 0.460 e. The molecular weight excluding hydrogens is 456 g/mol. The molecule has 0 aromatic rings. The standard InChI is InChI=1S/C25H46N2O8/c1-12-15(3)18(26-22(30)34-24(6,7)8)20(28)32-14-17(5)33-21(29)19(16(4)13-2)27-23(31)35-25(9,10)11/h15-19H,12-14H2,1-11H3,(H,26,30)(H,27,31)/t15-,16-,17?,18-,19-/m0/s1. The minimum atomic E-state index is -0.922. The van der Waals surface area contributed by atoms with Gasteiger partial charge >= 0.3 is 24.1 Å². The van der Waals surface area contributed by atoms with E-state index < -0.39 is 53.5 Å². The van der Waals surface area contributed by atoms with Gasteiger partial charge < -0.3 is 29.6 Å². The summed E-state index contributed by atoms with van der Waals surface area (Å²) in [7, 11) is 0. The van der Waals surface area contributed by atoms with Gasteiger partial charge in [-0.3, -0.25) is 0 Å². The molecule has 0 aromatic heterocycles. The fourth-order valence-electron chi connectivity index (χ4n) is 2.80. The summed E-state index contributed by atoms with van der Waals surface area (Å²) in [6, 6.07) is -1.84. The van der Waals surface area contributed by atoms with Crippen molar-refractivity contribution >= 4 is 24.1 Å². The van der Waals surface area contributed by atoms with Crippen LogP contribution in [0.15, 0.2) is 0 Å². The third kappa shape index (κ3) is 13.8. The van der Waals surface area contributed by atoms with Crippen molar-refractivity contribution in [1.29, 1.82) is 0 Å². The van der Waals surface area contributed by atoms with Crippen molar-refractivity contribution in [1.82, 2.24) is 10.6 Å². The lowest BCUT2D eigenvalue weighted by Gasteiger charge is -2.27. The molecule has 0 aliphatic heterocycles. The van der Waals surface area contributed by atoms with Crippen LogP contribution in [0.1, 0.15) is 89.0 Å². The second-order valence-electron chi connectivity index (χ2n) is 10.9. The molecule has 204 valence electrons. The van der Waals surface area contributed by atoms with Gasteiger partial charge in [-0.2, -0.15) is 0 Å². The zero-order valence-corrected chi connectivity index (χ0v) is 23.3. The Bertz CT molecular complexity index is 711. The maximum atomic E-state index is 12.8. The molecule has 10 nitrogen and oxygen atoms in total. The first-order valence-corrected chi connectivity index (χ1v) is 12.3. The minimum Gasteiger partial charge on any atom is -0.460 e. The van der Waals surface area contributed by atoms with Crippen LogP contribution in [-0.2, 0) is 28.5 Å². The van der Waals surface area contributed by atoms with Gasteiger partial charge in [-0.1, -0.05) is 40.5 Å². The van der Waals surface area contributed by atoms with Crippen LogP contribution in [-0.4, -0.2) is 60.1 Å². The first-order valence-electron chi connectivity index (χ1n) is 12.3. The monoisotopic (exact) mass is 502 g/mol. The summed E-state index contributed by atoms with van der Waals surface area (Å²) in [4.78, 5) is 49.8. The first-order chi connectivity index (χ1) is 15.9. The summed E-state index contributed by atoms with van der Waals surface area (Å²) < 4.78 is 21.3. The summed E-state index contributed by atoms with van der Waals surface area (Å²) >= 11 is 0. The molecule has 0 spiro atoms. The molecule has 0 radical (unpaired) electrons. The molecule has 10 heteroatoms. The van der Waals surface area contributed by atoms with Crippen molar-refractivity contribution in [2.75, 3.05) is 6.61 Å². The van der Waals surface area contributed by atoms with E-state index in [1.54, 1.807) is 48.5 Å². The van der Waals surface area contributed by atoms with Crippen LogP contribution in [0.5, 0.6) is 0 Å². The Kier molecular flexibility index (Phi) is 13.1. The van der Waals surface area contributed by atoms with E-state index in [4.69, 9.17) is 18.9 Å². The normalized spacial score (nSPS) is 16.1. The molecule has 5 atom stereocenters. The van der Waals surface area contributed by atoms with Gasteiger partial charge in [0, 0.05) is 0 Å². The Balaban J connectivity index is 5.08. The first kappa shape index (κ1) is 32.5. The van der Waals surface area contributed by atoms with Crippen molar-refractivity contribution in [3.63, 3.8) is 0 Å². The molecule has 0 rings (SSSR count). The van der Waals surface area contributed by atoms with Crippen molar-refractivity contribution < 1.29 is 38.1 Å². The third-order valence-electron chi connectivity index (χ3n) is 5.06. The molecule has 2 amide bonds. The van der Waals surface area contributed by atoms with E-state index in [1.807, 2.05) is 27.7 Å². The molecule has 0 saturated carbocycles. The molecule has 0 aliphatic carbocycles. The lowest BCUT2D eigenvalue weighted by Crippen LogP contribution is -2.49. The van der Waals surface area contributed by atoms with E-state index >= 15 is 0 Å². The molecule has 1 unspecified atom stereocenters. The van der Waals surface area contributed by atoms with Crippen LogP contribution >= 0.6 is 0 Å². The van der Waals surface area contributed by atoms with Gasteiger partial charge in [0.05, 0.1) is 0 Å². The zero-order valence-electron chi connectivity index (χ0n) is 23.3. The maximum absolute atomic E-state index is 12.8. The highest BCUT2D eigenvalue weighted by molar-refractivity contribution is 5.82. The number of rotatable bonds is 11. The van der Waals surface area contributed by atoms with E-state index in [2.05, 4.69) is 10.6 Å². The smallest absolute Gasteiger partial charge is 0.408 e. The third-order valence-corrected chi connectivity index (χ3v) is 5.06. The molecule has 0 bridgehead atoms. The highest BCUT2D eigenvalue weighted by Crippen LogP contribution is 2.15. The van der Waals surface area contributed by atoms with E-state index in [0.717, 1.165) is 0 Å². The van der Waals surface area contributed by atoms with Crippen molar-refractivity contribution in [3.05, 3.63) is 0 Å². The zero-order chi connectivity index (χ0) is 27.6. The second kappa shape index (κ2) is 14.1. The lowest BCUT2D eigenvalue weighted by atomic mass is 9.99. The Hall–Kier alpha value is -2.52. The number of hydrogen-bond acceptors (Lipinski definition) is 8. The number of carbonyl (C=O) groups is 4. The van der Waals surface area contributed by atoms with Crippen molar-refractivity contribution in [2.24, 2.45) is 11.8 Å². The van der Waals surface area contributed by atoms with Gasteiger partial charge in [-0.15, -0.1) is 0 Å². The summed E-state index contributed by atoms with van der Waals surface area (Å²) in [5.74, 6) is -1.73. The van der Waals surface area contributed by atoms with Crippen molar-refractivity contribution in [3.8, 4) is 0 Å². The molecular formula is C25H46N2O8. The molecule has 0 saturated heterocycles. The number of carbonyl (C=O) groups excluding carboxylic acids is 4. The SMILES string of the molecule is CC[C@H](C)[C@H](NC(=O)OC(C)(C)C)C(=O)OCC(C)OC(=O)[C@@H](NC(=O)OC(C)(C)C)[C@@H](C)CC. The average Bonchev–Trinajstić information content (AvgIpc) is 2.70. The number of hydrogen-bond donors (Lipinski definition) is 2. The number of ether oxygens (including phenoxy) is 4. The van der Waals surface area contributed by atoms with Crippen LogP contribution in [0, 0.1) is 11.8 Å². The van der Waals surface area contributed by atoms with Gasteiger partial charge in [0.25, 0.3) is 0 Å². The number of alkyl carbamates (subject to hydrolysis) is 2. The average molecular weight is 503 g/mol. The molecule has 0 aromatic carbocycles. The predicted octanol–water partition coefficient (Wildman–Crippen LogP) is 4.34. The Labute approximate surface area is 210 Å². The highest BCUT2D eigenvalue weighted by atomic mass is 16.6. The van der Waals surface area contributed by atoms with Crippen LogP contribution < -0.4 is 10.6 Å². The summed E-state index contributed by atoms with van der Waals surface area (Å²) in [6.45, 7) is 19.1. The Morgan fingerprint density at radius 1 is 0.686 bits per heavy atom. The predicted molar refractivity (Wildman–Crippen MR) is 132 cm³/mol. The fraction of sp³-hybridized carbons (Fsp3) is 0.840. The number of esters is 2. The van der Waals surface area contributed by atoms with Gasteiger partial charge in [0.1, 0.15) is 36.0 Å². The number of amides is 2. The Morgan fingerprint density at radius 2 is 1.06 bits per heavy atom. The molecule has 2 N–H and O–H groups in total. The highest BCUT2D eigenvalue weighted by Gasteiger charge is 2.32. The topological polar surface area (TPSA) is 129 Å². The maximum Gasteiger partial charge on any atom is 0.408 e. The van der Waals surface area contributed by atoms with Crippen LogP contribution in [0.4, 0.5) is 9.59 Å². The lowest BCUT2D eigenvalue weighted by molar-refractivity contribution is -0.162. The van der Waals surface area contributed by atoms with Crippen LogP contribution in [0.25, 0.3) is 0 Å². The second-order valence-corrected chi connectivity index (χ2v) is 10.9. The van der Waals surface area contributed by atoms with E-state index in [0.29, 0.717) is 12.8 Å². The van der Waals surface area contributed by atoms with E-state index in [1.165, 1.54) is 0 Å². The summed E-state index contributed by atoms with van der Waals surface area (Å²) in [6.07, 6.45) is -0.983.